The van der Waals surface area contributed by atoms with Crippen LogP contribution in [0, 0.1) is 0 Å². The first kappa shape index (κ1) is 23.9. The summed E-state index contributed by atoms with van der Waals surface area (Å²) in [7, 11) is 0. The van der Waals surface area contributed by atoms with Gasteiger partial charge in [-0.1, -0.05) is 99.0 Å². The van der Waals surface area contributed by atoms with Crippen molar-refractivity contribution in [3.05, 3.63) is 91.0 Å². The van der Waals surface area contributed by atoms with Gasteiger partial charge in [-0.2, -0.15) is 9.97 Å². The largest absolute Gasteiger partial charge is 0.507 e. The van der Waals surface area contributed by atoms with Gasteiger partial charge in [0.1, 0.15) is 5.75 Å². The summed E-state index contributed by atoms with van der Waals surface area (Å²) in [5.74, 6) is 1.03. The van der Waals surface area contributed by atoms with E-state index in [1.165, 1.54) is 22.6 Å². The molecule has 0 spiro atoms. The third kappa shape index (κ3) is 4.52. The molecule has 5 nitrogen and oxygen atoms in total. The molecule has 38 heavy (non-hydrogen) atoms. The van der Waals surface area contributed by atoms with E-state index in [1.54, 1.807) is 12.1 Å². The van der Waals surface area contributed by atoms with Crippen LogP contribution in [0.5, 0.6) is 11.8 Å². The van der Waals surface area contributed by atoms with Crippen molar-refractivity contribution < 1.29 is 9.84 Å². The molecule has 0 radical (unpaired) electrons. The lowest BCUT2D eigenvalue weighted by molar-refractivity contribution is 0.281. The third-order valence-corrected chi connectivity index (χ3v) is 7.00. The quantitative estimate of drug-likeness (QED) is 0.168. The first-order chi connectivity index (χ1) is 18.7. The number of nitrogens with zero attached hydrogens (tertiary/aromatic N) is 3. The maximum atomic E-state index is 10.6. The smallest absolute Gasteiger partial charge is 0.320 e. The highest BCUT2D eigenvalue weighted by molar-refractivity contribution is 6.20. The first-order valence-electron chi connectivity index (χ1n) is 13.2. The Morgan fingerprint density at radius 3 is 2.11 bits per heavy atom. The molecule has 1 aromatic heterocycles. The minimum absolute atomic E-state index is 0.118. The normalized spacial score (nSPS) is 11.4. The van der Waals surface area contributed by atoms with E-state index >= 15 is 0 Å². The van der Waals surface area contributed by atoms with Crippen molar-refractivity contribution in [2.24, 2.45) is 0 Å². The van der Waals surface area contributed by atoms with Gasteiger partial charge in [-0.25, -0.2) is 4.98 Å². The van der Waals surface area contributed by atoms with Gasteiger partial charge in [0.2, 0.25) is 0 Å². The predicted molar refractivity (Wildman–Crippen MR) is 155 cm³/mol. The molecule has 0 aliphatic heterocycles. The highest BCUT2D eigenvalue weighted by Gasteiger charge is 2.17. The van der Waals surface area contributed by atoms with Gasteiger partial charge in [-0.3, -0.25) is 0 Å². The van der Waals surface area contributed by atoms with Crippen LogP contribution < -0.4 is 4.74 Å². The number of aromatic hydroxyl groups is 1. The van der Waals surface area contributed by atoms with Crippen LogP contribution in [0.1, 0.15) is 32.6 Å². The Bertz CT molecular complexity index is 1760. The molecule has 0 saturated heterocycles. The summed E-state index contributed by atoms with van der Waals surface area (Å²) in [6.45, 7) is 2.72. The molecule has 0 atom stereocenters. The third-order valence-electron chi connectivity index (χ3n) is 7.00. The van der Waals surface area contributed by atoms with Crippen LogP contribution in [-0.2, 0) is 0 Å². The minimum Gasteiger partial charge on any atom is -0.507 e. The van der Waals surface area contributed by atoms with Gasteiger partial charge in [0.05, 0.1) is 12.2 Å². The topological polar surface area (TPSA) is 68.1 Å². The van der Waals surface area contributed by atoms with E-state index in [9.17, 15) is 5.11 Å². The second kappa shape index (κ2) is 10.5. The number of ether oxygens (including phenoxy) is 1. The fraction of sp³-hybridized carbons (Fsp3) is 0.182. The number of rotatable bonds is 8. The molecule has 0 bridgehead atoms. The maximum Gasteiger partial charge on any atom is 0.320 e. The average Bonchev–Trinajstić information content (AvgIpc) is 2.96. The molecule has 0 amide bonds. The first-order valence-corrected chi connectivity index (χ1v) is 13.2. The van der Waals surface area contributed by atoms with Crippen LogP contribution in [0.2, 0.25) is 0 Å². The van der Waals surface area contributed by atoms with Crippen LogP contribution in [0.4, 0.5) is 0 Å². The molecule has 6 aromatic rings. The van der Waals surface area contributed by atoms with Crippen LogP contribution in [0.15, 0.2) is 91.0 Å². The predicted octanol–water partition coefficient (Wildman–Crippen LogP) is 8.33. The zero-order chi connectivity index (χ0) is 25.9. The summed E-state index contributed by atoms with van der Waals surface area (Å²) in [6, 6.07) is 30.7. The lowest BCUT2D eigenvalue weighted by Crippen LogP contribution is -2.05. The number of aromatic nitrogens is 3. The average molecular weight is 500 g/mol. The molecular weight excluding hydrogens is 470 g/mol. The van der Waals surface area contributed by atoms with Gasteiger partial charge in [0.15, 0.2) is 11.6 Å². The number of benzene rings is 5. The summed E-state index contributed by atoms with van der Waals surface area (Å²) >= 11 is 0. The second-order valence-corrected chi connectivity index (χ2v) is 9.54. The van der Waals surface area contributed by atoms with Crippen molar-refractivity contribution >= 4 is 32.3 Å². The van der Waals surface area contributed by atoms with Gasteiger partial charge in [0.25, 0.3) is 0 Å². The number of fused-ring (bicyclic) bond motifs is 5. The SMILES string of the molecule is CCCCCCOc1nc(-c2ccccc2O)nc(-c2cc3c4ccccc4ccc3c3ccccc23)n1. The van der Waals surface area contributed by atoms with Crippen molar-refractivity contribution in [1.29, 1.82) is 0 Å². The number of unbranched alkanes of at least 4 members (excludes halogenated alkanes) is 3. The van der Waals surface area contributed by atoms with Gasteiger partial charge >= 0.3 is 6.01 Å². The Balaban J connectivity index is 1.57. The van der Waals surface area contributed by atoms with E-state index < -0.39 is 0 Å². The van der Waals surface area contributed by atoms with Crippen molar-refractivity contribution in [2.45, 2.75) is 32.6 Å². The molecule has 0 unspecified atom stereocenters. The fourth-order valence-electron chi connectivity index (χ4n) is 5.06. The van der Waals surface area contributed by atoms with Crippen LogP contribution in [0.25, 0.3) is 55.1 Å². The van der Waals surface area contributed by atoms with Gasteiger partial charge in [-0.15, -0.1) is 0 Å². The summed E-state index contributed by atoms with van der Waals surface area (Å²) in [5, 5.41) is 17.5. The second-order valence-electron chi connectivity index (χ2n) is 9.54. The highest BCUT2D eigenvalue weighted by atomic mass is 16.5. The summed E-state index contributed by atoms with van der Waals surface area (Å²) in [6.07, 6.45) is 4.37. The fourth-order valence-corrected chi connectivity index (χ4v) is 5.06. The molecule has 188 valence electrons. The van der Waals surface area contributed by atoms with Crippen LogP contribution >= 0.6 is 0 Å². The van der Waals surface area contributed by atoms with E-state index in [1.807, 2.05) is 18.2 Å². The number of hydrogen-bond donors (Lipinski definition) is 1. The summed E-state index contributed by atoms with van der Waals surface area (Å²) < 4.78 is 6.04. The van der Waals surface area contributed by atoms with Crippen LogP contribution in [-0.4, -0.2) is 26.7 Å². The highest BCUT2D eigenvalue weighted by Crippen LogP contribution is 2.38. The summed E-state index contributed by atoms with van der Waals surface area (Å²) in [4.78, 5) is 14.3. The van der Waals surface area contributed by atoms with E-state index in [0.29, 0.717) is 23.8 Å². The molecule has 0 aliphatic carbocycles. The van der Waals surface area contributed by atoms with Crippen molar-refractivity contribution in [1.82, 2.24) is 15.0 Å². The lowest BCUT2D eigenvalue weighted by atomic mass is 9.93. The van der Waals surface area contributed by atoms with Crippen molar-refractivity contribution in [3.63, 3.8) is 0 Å². The molecule has 0 fully saturated rings. The number of hydrogen-bond acceptors (Lipinski definition) is 5. The Hall–Kier alpha value is -4.51. The molecule has 6 rings (SSSR count). The zero-order valence-corrected chi connectivity index (χ0v) is 21.4. The molecule has 5 heteroatoms. The standard InChI is InChI=1S/C33H29N3O2/c1-2-3-4-11-20-38-33-35-31(27-16-9-10-17-30(27)37)34-32(36-33)29-21-28-23-13-6-5-12-22(23)18-19-26(28)24-14-7-8-15-25(24)29/h5-10,12-19,21,37H,2-4,11,20H2,1H3. The monoisotopic (exact) mass is 499 g/mol. The lowest BCUT2D eigenvalue weighted by Gasteiger charge is -2.14. The molecule has 1 N–H and O–H groups in total. The molecule has 0 saturated carbocycles. The Morgan fingerprint density at radius 2 is 1.29 bits per heavy atom. The molecular formula is C33H29N3O2. The van der Waals surface area contributed by atoms with E-state index in [0.717, 1.165) is 41.0 Å². The van der Waals surface area contributed by atoms with Crippen LogP contribution in [0.3, 0.4) is 0 Å². The molecule has 0 aliphatic rings. The zero-order valence-electron chi connectivity index (χ0n) is 21.4. The van der Waals surface area contributed by atoms with E-state index in [-0.39, 0.29) is 11.8 Å². The molecule has 1 heterocycles. The van der Waals surface area contributed by atoms with Crippen molar-refractivity contribution in [3.8, 4) is 34.5 Å². The van der Waals surface area contributed by atoms with E-state index in [2.05, 4.69) is 72.6 Å². The number of phenols is 1. The van der Waals surface area contributed by atoms with Gasteiger partial charge in [-0.05, 0) is 56.9 Å². The van der Waals surface area contributed by atoms with E-state index in [4.69, 9.17) is 14.7 Å². The maximum absolute atomic E-state index is 10.6. The molecule has 5 aromatic carbocycles. The van der Waals surface area contributed by atoms with Gasteiger partial charge in [0, 0.05) is 5.56 Å². The number of phenolic OH excluding ortho intramolecular Hbond substituents is 1. The Labute approximate surface area is 221 Å². The van der Waals surface area contributed by atoms with Gasteiger partial charge < -0.3 is 9.84 Å². The minimum atomic E-state index is 0.118. The summed E-state index contributed by atoms with van der Waals surface area (Å²) in [5.41, 5.74) is 1.45. The Morgan fingerprint density at radius 1 is 0.605 bits per heavy atom. The Kier molecular flexibility index (Phi) is 6.57. The van der Waals surface area contributed by atoms with Crippen molar-refractivity contribution in [2.75, 3.05) is 6.61 Å². The number of para-hydroxylation sites is 1.